The molecule has 0 fully saturated rings. The van der Waals surface area contributed by atoms with Gasteiger partial charge in [-0.25, -0.2) is 9.18 Å². The summed E-state index contributed by atoms with van der Waals surface area (Å²) in [6.45, 7) is 0.279. The molecule has 0 saturated carbocycles. The van der Waals surface area contributed by atoms with Gasteiger partial charge in [0.1, 0.15) is 6.67 Å². The zero-order chi connectivity index (χ0) is 10.1. The summed E-state index contributed by atoms with van der Waals surface area (Å²) in [7, 11) is 1.29. The minimum atomic E-state index is -0.470. The smallest absolute Gasteiger partial charge is 0.331 e. The third kappa shape index (κ3) is 6.40. The number of alkyl halides is 2. The van der Waals surface area contributed by atoms with Crippen molar-refractivity contribution in [2.75, 3.05) is 32.8 Å². The molecule has 0 heterocycles. The largest absolute Gasteiger partial charge is 0.466 e. The Labute approximate surface area is 82.1 Å². The highest BCUT2D eigenvalue weighted by molar-refractivity contribution is 6.18. The maximum absolute atomic E-state index is 11.9. The summed E-state index contributed by atoms with van der Waals surface area (Å²) in [6, 6.07) is 0. The van der Waals surface area contributed by atoms with E-state index in [1.165, 1.54) is 19.4 Å². The van der Waals surface area contributed by atoms with E-state index in [0.717, 1.165) is 0 Å². The van der Waals surface area contributed by atoms with Crippen LogP contribution in [0.3, 0.4) is 0 Å². The SMILES string of the molecule is COC(=O)C=CN(CCF)CCCl. The summed E-state index contributed by atoms with van der Waals surface area (Å²) in [4.78, 5) is 12.3. The van der Waals surface area contributed by atoms with Crippen molar-refractivity contribution in [3.05, 3.63) is 12.3 Å². The van der Waals surface area contributed by atoms with Crippen molar-refractivity contribution in [2.24, 2.45) is 0 Å². The van der Waals surface area contributed by atoms with Gasteiger partial charge in [0.2, 0.25) is 0 Å². The number of carbonyl (C=O) groups excluding carboxylic acids is 1. The van der Waals surface area contributed by atoms with Crippen molar-refractivity contribution in [2.45, 2.75) is 0 Å². The molecule has 0 amide bonds. The molecule has 0 N–H and O–H groups in total. The maximum Gasteiger partial charge on any atom is 0.331 e. The summed E-state index contributed by atoms with van der Waals surface area (Å²) in [6.07, 6.45) is 2.72. The Morgan fingerprint density at radius 1 is 1.62 bits per heavy atom. The summed E-state index contributed by atoms with van der Waals surface area (Å²) < 4.78 is 16.3. The second kappa shape index (κ2) is 7.86. The van der Waals surface area contributed by atoms with E-state index < -0.39 is 12.6 Å². The molecule has 0 aromatic carbocycles. The molecule has 0 aromatic rings. The molecule has 13 heavy (non-hydrogen) atoms. The van der Waals surface area contributed by atoms with Gasteiger partial charge in [-0.3, -0.25) is 0 Å². The lowest BCUT2D eigenvalue weighted by Crippen LogP contribution is -2.22. The number of ether oxygens (including phenoxy) is 1. The predicted octanol–water partition coefficient (Wildman–Crippen LogP) is 1.18. The van der Waals surface area contributed by atoms with E-state index in [2.05, 4.69) is 4.74 Å². The molecule has 0 atom stereocenters. The first-order valence-electron chi connectivity index (χ1n) is 3.86. The van der Waals surface area contributed by atoms with Crippen molar-refractivity contribution in [1.29, 1.82) is 0 Å². The minimum absolute atomic E-state index is 0.236. The first kappa shape index (κ1) is 12.2. The molecule has 0 unspecified atom stereocenters. The molecule has 0 aliphatic heterocycles. The van der Waals surface area contributed by atoms with Crippen molar-refractivity contribution >= 4 is 17.6 Å². The molecule has 5 heteroatoms. The maximum atomic E-state index is 11.9. The Kier molecular flexibility index (Phi) is 7.39. The Hall–Kier alpha value is -0.770. The Morgan fingerprint density at radius 2 is 2.31 bits per heavy atom. The molecule has 0 spiro atoms. The molecule has 0 aliphatic rings. The number of esters is 1. The number of rotatable bonds is 6. The Bertz CT molecular complexity index is 170. The molecule has 0 saturated heterocycles. The molecule has 0 aromatic heterocycles. The van der Waals surface area contributed by atoms with Crippen molar-refractivity contribution in [3.63, 3.8) is 0 Å². The average Bonchev–Trinajstić information content (AvgIpc) is 2.14. The predicted molar refractivity (Wildman–Crippen MR) is 49.4 cm³/mol. The van der Waals surface area contributed by atoms with Gasteiger partial charge < -0.3 is 9.64 Å². The van der Waals surface area contributed by atoms with Crippen LogP contribution in [-0.4, -0.2) is 43.6 Å². The van der Waals surface area contributed by atoms with Crippen molar-refractivity contribution < 1.29 is 13.9 Å². The van der Waals surface area contributed by atoms with Crippen LogP contribution in [0, 0.1) is 0 Å². The molecule has 76 valence electrons. The first-order valence-corrected chi connectivity index (χ1v) is 4.40. The zero-order valence-corrected chi connectivity index (χ0v) is 8.26. The van der Waals surface area contributed by atoms with Gasteiger partial charge in [0.05, 0.1) is 7.11 Å². The quantitative estimate of drug-likeness (QED) is 0.374. The van der Waals surface area contributed by atoms with Crippen molar-refractivity contribution in [3.8, 4) is 0 Å². The molecule has 0 bridgehead atoms. The molecular weight excluding hydrogens is 197 g/mol. The van der Waals surface area contributed by atoms with Crippen LogP contribution in [-0.2, 0) is 9.53 Å². The van der Waals surface area contributed by atoms with Crippen LogP contribution < -0.4 is 0 Å². The highest BCUT2D eigenvalue weighted by atomic mass is 35.5. The fraction of sp³-hybridized carbons (Fsp3) is 0.625. The molecular formula is C8H13ClFNO2. The monoisotopic (exact) mass is 209 g/mol. The number of nitrogens with zero attached hydrogens (tertiary/aromatic N) is 1. The first-order chi connectivity index (χ1) is 6.24. The summed E-state index contributed by atoms with van der Waals surface area (Å²) in [5.41, 5.74) is 0. The van der Waals surface area contributed by atoms with Crippen LogP contribution in [0.2, 0.25) is 0 Å². The second-order valence-corrected chi connectivity index (χ2v) is 2.63. The van der Waals surface area contributed by atoms with E-state index in [4.69, 9.17) is 11.6 Å². The second-order valence-electron chi connectivity index (χ2n) is 2.25. The fourth-order valence-corrected chi connectivity index (χ4v) is 0.929. The number of carbonyl (C=O) groups is 1. The average molecular weight is 210 g/mol. The van der Waals surface area contributed by atoms with E-state index in [1.54, 1.807) is 4.90 Å². The highest BCUT2D eigenvalue weighted by Crippen LogP contribution is 1.92. The summed E-state index contributed by atoms with van der Waals surface area (Å²) in [5.74, 6) is -0.0654. The third-order valence-corrected chi connectivity index (χ3v) is 1.54. The van der Waals surface area contributed by atoms with Gasteiger partial charge in [-0.2, -0.15) is 0 Å². The highest BCUT2D eigenvalue weighted by Gasteiger charge is 1.98. The number of halogens is 2. The van der Waals surface area contributed by atoms with Gasteiger partial charge in [-0.05, 0) is 0 Å². The third-order valence-electron chi connectivity index (χ3n) is 1.37. The van der Waals surface area contributed by atoms with Crippen LogP contribution in [0.4, 0.5) is 4.39 Å². The standard InChI is InChI=1S/C8H13ClFNO2/c1-13-8(12)2-5-11(6-3-9)7-4-10/h2,5H,3-4,6-7H2,1H3. The lowest BCUT2D eigenvalue weighted by Gasteiger charge is -2.16. The summed E-state index contributed by atoms with van der Waals surface area (Å²) in [5, 5.41) is 0. The van der Waals surface area contributed by atoms with E-state index in [1.807, 2.05) is 0 Å². The Balaban J connectivity index is 3.91. The fourth-order valence-electron chi connectivity index (χ4n) is 0.712. The van der Waals surface area contributed by atoms with Gasteiger partial charge in [-0.15, -0.1) is 11.6 Å². The Morgan fingerprint density at radius 3 is 2.77 bits per heavy atom. The number of hydrogen-bond acceptors (Lipinski definition) is 3. The van der Waals surface area contributed by atoms with Gasteiger partial charge in [0, 0.05) is 31.2 Å². The molecule has 0 radical (unpaired) electrons. The van der Waals surface area contributed by atoms with Crippen LogP contribution in [0.1, 0.15) is 0 Å². The van der Waals surface area contributed by atoms with Gasteiger partial charge in [0.25, 0.3) is 0 Å². The van der Waals surface area contributed by atoms with Gasteiger partial charge in [0.15, 0.2) is 0 Å². The van der Waals surface area contributed by atoms with Crippen LogP contribution >= 0.6 is 11.6 Å². The van der Waals surface area contributed by atoms with E-state index in [9.17, 15) is 9.18 Å². The van der Waals surface area contributed by atoms with Crippen LogP contribution in [0.25, 0.3) is 0 Å². The molecule has 0 aliphatic carbocycles. The van der Waals surface area contributed by atoms with Crippen LogP contribution in [0.5, 0.6) is 0 Å². The van der Waals surface area contributed by atoms with E-state index in [-0.39, 0.29) is 6.54 Å². The minimum Gasteiger partial charge on any atom is -0.466 e. The number of methoxy groups -OCH3 is 1. The molecule has 0 rings (SSSR count). The van der Waals surface area contributed by atoms with E-state index >= 15 is 0 Å². The zero-order valence-electron chi connectivity index (χ0n) is 7.50. The van der Waals surface area contributed by atoms with Crippen molar-refractivity contribution in [1.82, 2.24) is 4.90 Å². The lowest BCUT2D eigenvalue weighted by molar-refractivity contribution is -0.134. The normalized spacial score (nSPS) is 10.4. The number of hydrogen-bond donors (Lipinski definition) is 0. The van der Waals surface area contributed by atoms with Gasteiger partial charge >= 0.3 is 5.97 Å². The summed E-state index contributed by atoms with van der Waals surface area (Å²) >= 11 is 5.47. The van der Waals surface area contributed by atoms with E-state index in [0.29, 0.717) is 12.4 Å². The van der Waals surface area contributed by atoms with Gasteiger partial charge in [-0.1, -0.05) is 0 Å². The van der Waals surface area contributed by atoms with Crippen LogP contribution in [0.15, 0.2) is 12.3 Å². The lowest BCUT2D eigenvalue weighted by atomic mass is 10.5. The molecule has 3 nitrogen and oxygen atoms in total. The topological polar surface area (TPSA) is 29.5 Å².